The monoisotopic (exact) mass is 346 g/mol. The lowest BCUT2D eigenvalue weighted by Gasteiger charge is -2.35. The first kappa shape index (κ1) is 17.6. The molecule has 1 aromatic rings. The predicted octanol–water partition coefficient (Wildman–Crippen LogP) is 1.67. The number of anilines is 1. The number of ketones is 1. The second kappa shape index (κ2) is 7.80. The highest BCUT2D eigenvalue weighted by atomic mass is 16.5. The van der Waals surface area contributed by atoms with E-state index in [1.807, 2.05) is 23.9 Å². The summed E-state index contributed by atoms with van der Waals surface area (Å²) in [4.78, 5) is 36.5. The smallest absolute Gasteiger partial charge is 0.257 e. The Hall–Kier alpha value is -2.18. The van der Waals surface area contributed by atoms with Crippen LogP contribution in [0.3, 0.4) is 0 Å². The van der Waals surface area contributed by atoms with E-state index in [0.717, 1.165) is 19.4 Å². The molecule has 1 atom stereocenters. The number of likely N-dealkylation sites (tertiary alicyclic amines) is 1. The fraction of sp³-hybridized carbons (Fsp3) is 0.667. The van der Waals surface area contributed by atoms with Crippen LogP contribution >= 0.6 is 0 Å². The minimum atomic E-state index is -0.0710. The lowest BCUT2D eigenvalue weighted by atomic mass is 9.87. The van der Waals surface area contributed by atoms with Crippen molar-refractivity contribution in [3.05, 3.63) is 12.4 Å². The predicted molar refractivity (Wildman–Crippen MR) is 93.6 cm³/mol. The number of piperidine rings is 1. The van der Waals surface area contributed by atoms with Crippen molar-refractivity contribution in [2.24, 2.45) is 5.92 Å². The number of carbonyl (C=O) groups excluding carboxylic acids is 2. The van der Waals surface area contributed by atoms with Crippen LogP contribution in [0.2, 0.25) is 0 Å². The molecule has 7 nitrogen and oxygen atoms in total. The summed E-state index contributed by atoms with van der Waals surface area (Å²) < 4.78 is 6.07. The third-order valence-corrected chi connectivity index (χ3v) is 4.93. The van der Waals surface area contributed by atoms with Gasteiger partial charge < -0.3 is 14.5 Å². The fourth-order valence-corrected chi connectivity index (χ4v) is 3.55. The summed E-state index contributed by atoms with van der Waals surface area (Å²) in [6.07, 6.45) is 7.46. The van der Waals surface area contributed by atoms with Crippen molar-refractivity contribution in [1.82, 2.24) is 14.9 Å². The van der Waals surface area contributed by atoms with Crippen molar-refractivity contribution < 1.29 is 14.3 Å². The van der Waals surface area contributed by atoms with Crippen molar-refractivity contribution in [2.45, 2.75) is 44.6 Å². The van der Waals surface area contributed by atoms with Gasteiger partial charge in [-0.1, -0.05) is 0 Å². The number of aromatic nitrogens is 2. The van der Waals surface area contributed by atoms with Gasteiger partial charge in [0, 0.05) is 51.8 Å². The summed E-state index contributed by atoms with van der Waals surface area (Å²) >= 11 is 0. The molecule has 0 spiro atoms. The maximum absolute atomic E-state index is 12.8. The van der Waals surface area contributed by atoms with Crippen LogP contribution in [0.25, 0.3) is 0 Å². The Kier molecular flexibility index (Phi) is 5.50. The minimum Gasteiger partial charge on any atom is -0.470 e. The van der Waals surface area contributed by atoms with Gasteiger partial charge in [-0.2, -0.15) is 0 Å². The van der Waals surface area contributed by atoms with Gasteiger partial charge in [-0.05, 0) is 25.7 Å². The van der Waals surface area contributed by atoms with Crippen LogP contribution in [0.4, 0.5) is 5.82 Å². The van der Waals surface area contributed by atoms with E-state index in [1.54, 1.807) is 12.4 Å². The van der Waals surface area contributed by atoms with Gasteiger partial charge in [0.25, 0.3) is 5.88 Å². The van der Waals surface area contributed by atoms with Crippen LogP contribution in [0, 0.1) is 5.92 Å². The average molecular weight is 346 g/mol. The Morgan fingerprint density at radius 1 is 1.20 bits per heavy atom. The number of carbonyl (C=O) groups is 2. The van der Waals surface area contributed by atoms with Crippen LogP contribution in [0.1, 0.15) is 38.5 Å². The van der Waals surface area contributed by atoms with Gasteiger partial charge in [0.15, 0.2) is 5.82 Å². The second-order valence-electron chi connectivity index (χ2n) is 7.06. The first-order valence-electron chi connectivity index (χ1n) is 9.00. The molecule has 2 heterocycles. The summed E-state index contributed by atoms with van der Waals surface area (Å²) in [7, 11) is 3.80. The van der Waals surface area contributed by atoms with E-state index in [4.69, 9.17) is 4.74 Å². The molecule has 1 aliphatic heterocycles. The number of nitrogens with zero attached hydrogens (tertiary/aromatic N) is 4. The summed E-state index contributed by atoms with van der Waals surface area (Å²) in [5, 5.41) is 0. The highest BCUT2D eigenvalue weighted by Gasteiger charge is 2.32. The molecular formula is C18H26N4O3. The third kappa shape index (κ3) is 4.27. The SMILES string of the molecule is CN(C)c1nccnc1OC1CCCN(C(=O)C2CCC(=O)CC2)C1. The molecule has 0 N–H and O–H groups in total. The largest absolute Gasteiger partial charge is 0.470 e. The molecule has 1 aromatic heterocycles. The van der Waals surface area contributed by atoms with Crippen molar-refractivity contribution in [2.75, 3.05) is 32.1 Å². The summed E-state index contributed by atoms with van der Waals surface area (Å²) in [6, 6.07) is 0. The zero-order valence-electron chi connectivity index (χ0n) is 15.0. The molecule has 2 aliphatic rings. The van der Waals surface area contributed by atoms with Gasteiger partial charge in [0.1, 0.15) is 11.9 Å². The Bertz CT molecular complexity index is 625. The van der Waals surface area contributed by atoms with E-state index >= 15 is 0 Å². The van der Waals surface area contributed by atoms with E-state index in [-0.39, 0.29) is 23.7 Å². The lowest BCUT2D eigenvalue weighted by Crippen LogP contribution is -2.47. The Morgan fingerprint density at radius 2 is 1.92 bits per heavy atom. The standard InChI is InChI=1S/C18H26N4O3/c1-21(2)16-17(20-10-9-19-16)25-15-4-3-11-22(12-15)18(24)13-5-7-14(23)8-6-13/h9-10,13,15H,3-8,11-12H2,1-2H3. The van der Waals surface area contributed by atoms with E-state index in [1.165, 1.54) is 0 Å². The van der Waals surface area contributed by atoms with Crippen LogP contribution in [-0.4, -0.2) is 59.8 Å². The van der Waals surface area contributed by atoms with Crippen molar-refractivity contribution in [1.29, 1.82) is 0 Å². The highest BCUT2D eigenvalue weighted by molar-refractivity contribution is 5.84. The third-order valence-electron chi connectivity index (χ3n) is 4.93. The molecule has 1 saturated carbocycles. The van der Waals surface area contributed by atoms with E-state index in [0.29, 0.717) is 43.9 Å². The lowest BCUT2D eigenvalue weighted by molar-refractivity contribution is -0.140. The van der Waals surface area contributed by atoms with Crippen LogP contribution in [0.15, 0.2) is 12.4 Å². The van der Waals surface area contributed by atoms with Crippen LogP contribution in [0.5, 0.6) is 5.88 Å². The van der Waals surface area contributed by atoms with E-state index < -0.39 is 0 Å². The molecule has 0 bridgehead atoms. The van der Waals surface area contributed by atoms with Gasteiger partial charge >= 0.3 is 0 Å². The molecule has 25 heavy (non-hydrogen) atoms. The first-order chi connectivity index (χ1) is 12.0. The maximum Gasteiger partial charge on any atom is 0.257 e. The quantitative estimate of drug-likeness (QED) is 0.825. The maximum atomic E-state index is 12.8. The molecule has 1 unspecified atom stereocenters. The molecule has 7 heteroatoms. The summed E-state index contributed by atoms with van der Waals surface area (Å²) in [6.45, 7) is 1.34. The molecular weight excluding hydrogens is 320 g/mol. The zero-order chi connectivity index (χ0) is 17.8. The molecule has 3 rings (SSSR count). The van der Waals surface area contributed by atoms with Gasteiger partial charge in [0.2, 0.25) is 5.91 Å². The van der Waals surface area contributed by atoms with Crippen molar-refractivity contribution in [3.8, 4) is 5.88 Å². The molecule has 1 saturated heterocycles. The summed E-state index contributed by atoms with van der Waals surface area (Å²) in [5.74, 6) is 1.65. The van der Waals surface area contributed by atoms with Gasteiger partial charge in [-0.15, -0.1) is 0 Å². The van der Waals surface area contributed by atoms with E-state index in [2.05, 4.69) is 9.97 Å². The van der Waals surface area contributed by atoms with E-state index in [9.17, 15) is 9.59 Å². The minimum absolute atomic E-state index is 0.00898. The molecule has 2 fully saturated rings. The van der Waals surface area contributed by atoms with Crippen LogP contribution in [-0.2, 0) is 9.59 Å². The molecule has 1 aliphatic carbocycles. The Morgan fingerprint density at radius 3 is 2.64 bits per heavy atom. The normalized spacial score (nSPS) is 21.9. The number of ether oxygens (including phenoxy) is 1. The van der Waals surface area contributed by atoms with Crippen molar-refractivity contribution >= 4 is 17.5 Å². The van der Waals surface area contributed by atoms with Crippen LogP contribution < -0.4 is 9.64 Å². The first-order valence-corrected chi connectivity index (χ1v) is 9.00. The zero-order valence-corrected chi connectivity index (χ0v) is 15.0. The number of hydrogen-bond acceptors (Lipinski definition) is 6. The number of rotatable bonds is 4. The molecule has 0 radical (unpaired) electrons. The topological polar surface area (TPSA) is 75.6 Å². The van der Waals surface area contributed by atoms with Crippen molar-refractivity contribution in [3.63, 3.8) is 0 Å². The Labute approximate surface area is 148 Å². The Balaban J connectivity index is 1.61. The number of Topliss-reactive ketones (excluding diaryl/α,β-unsaturated/α-hetero) is 1. The number of hydrogen-bond donors (Lipinski definition) is 0. The summed E-state index contributed by atoms with van der Waals surface area (Å²) in [5.41, 5.74) is 0. The average Bonchev–Trinajstić information content (AvgIpc) is 2.62. The molecule has 0 aromatic carbocycles. The fourth-order valence-electron chi connectivity index (χ4n) is 3.55. The highest BCUT2D eigenvalue weighted by Crippen LogP contribution is 2.27. The van der Waals surface area contributed by atoms with Gasteiger partial charge in [-0.3, -0.25) is 9.59 Å². The second-order valence-corrected chi connectivity index (χ2v) is 7.06. The van der Waals surface area contributed by atoms with Gasteiger partial charge in [-0.25, -0.2) is 9.97 Å². The molecule has 1 amide bonds. The molecule has 136 valence electrons. The van der Waals surface area contributed by atoms with Gasteiger partial charge in [0.05, 0.1) is 6.54 Å². The number of amides is 1.